The van der Waals surface area contributed by atoms with Crippen molar-refractivity contribution in [2.24, 2.45) is 0 Å². The maximum absolute atomic E-state index is 11.2. The number of pyridine rings is 1. The Morgan fingerprint density at radius 1 is 1.29 bits per heavy atom. The van der Waals surface area contributed by atoms with Gasteiger partial charge in [0.05, 0.1) is 11.9 Å². The molecule has 0 saturated heterocycles. The predicted octanol–water partition coefficient (Wildman–Crippen LogP) is 1.70. The van der Waals surface area contributed by atoms with E-state index in [1.807, 2.05) is 18.2 Å². The van der Waals surface area contributed by atoms with Crippen molar-refractivity contribution in [2.45, 2.75) is 6.42 Å². The second kappa shape index (κ2) is 2.54. The Hall–Kier alpha value is -1.90. The van der Waals surface area contributed by atoms with Gasteiger partial charge in [0.15, 0.2) is 0 Å². The molecule has 2 aromatic rings. The average Bonchev–Trinajstić information content (AvgIpc) is 2.18. The highest BCUT2D eigenvalue weighted by Crippen LogP contribution is 2.31. The Bertz CT molecular complexity index is 491. The Morgan fingerprint density at radius 2 is 2.21 bits per heavy atom. The number of ether oxygens (including phenoxy) is 1. The van der Waals surface area contributed by atoms with E-state index in [1.165, 1.54) is 0 Å². The van der Waals surface area contributed by atoms with Gasteiger partial charge in [-0.2, -0.15) is 0 Å². The second-order valence-electron chi connectivity index (χ2n) is 3.27. The van der Waals surface area contributed by atoms with Crippen LogP contribution in [-0.4, -0.2) is 11.0 Å². The number of hydrogen-bond acceptors (Lipinski definition) is 3. The minimum absolute atomic E-state index is 0.198. The van der Waals surface area contributed by atoms with E-state index in [0.717, 1.165) is 16.5 Å². The number of rotatable bonds is 0. The first-order chi connectivity index (χ1) is 6.84. The molecule has 3 nitrogen and oxygen atoms in total. The number of nitrogens with zero attached hydrogens (tertiary/aromatic N) is 1. The zero-order valence-corrected chi connectivity index (χ0v) is 7.36. The van der Waals surface area contributed by atoms with E-state index in [4.69, 9.17) is 4.74 Å². The molecule has 1 aromatic carbocycles. The molecule has 0 amide bonds. The van der Waals surface area contributed by atoms with E-state index in [2.05, 4.69) is 4.98 Å². The van der Waals surface area contributed by atoms with Gasteiger partial charge >= 0.3 is 5.97 Å². The lowest BCUT2D eigenvalue weighted by Gasteiger charge is -2.15. The highest BCUT2D eigenvalue weighted by Gasteiger charge is 2.19. The summed E-state index contributed by atoms with van der Waals surface area (Å²) >= 11 is 0. The topological polar surface area (TPSA) is 39.2 Å². The maximum Gasteiger partial charge on any atom is 0.315 e. The molecule has 1 aliphatic heterocycles. The van der Waals surface area contributed by atoms with Crippen molar-refractivity contribution in [3.05, 3.63) is 36.0 Å². The third-order valence-electron chi connectivity index (χ3n) is 2.37. The van der Waals surface area contributed by atoms with Gasteiger partial charge in [0, 0.05) is 11.6 Å². The lowest BCUT2D eigenvalue weighted by Crippen LogP contribution is -2.16. The smallest absolute Gasteiger partial charge is 0.315 e. The van der Waals surface area contributed by atoms with Crippen LogP contribution >= 0.6 is 0 Å². The van der Waals surface area contributed by atoms with Crippen molar-refractivity contribution in [1.82, 2.24) is 4.98 Å². The van der Waals surface area contributed by atoms with E-state index < -0.39 is 0 Å². The molecule has 1 aromatic heterocycles. The number of carbonyl (C=O) groups is 1. The second-order valence-corrected chi connectivity index (χ2v) is 3.27. The third-order valence-corrected chi connectivity index (χ3v) is 2.37. The van der Waals surface area contributed by atoms with Crippen molar-refractivity contribution in [3.8, 4) is 5.75 Å². The third kappa shape index (κ3) is 0.923. The zero-order chi connectivity index (χ0) is 9.54. The van der Waals surface area contributed by atoms with Gasteiger partial charge in [-0.15, -0.1) is 0 Å². The molecule has 0 spiro atoms. The molecule has 68 valence electrons. The van der Waals surface area contributed by atoms with E-state index >= 15 is 0 Å². The lowest BCUT2D eigenvalue weighted by molar-refractivity contribution is -0.133. The zero-order valence-electron chi connectivity index (χ0n) is 7.36. The van der Waals surface area contributed by atoms with Crippen LogP contribution in [-0.2, 0) is 11.2 Å². The van der Waals surface area contributed by atoms with Crippen molar-refractivity contribution in [1.29, 1.82) is 0 Å². The summed E-state index contributed by atoms with van der Waals surface area (Å²) in [4.78, 5) is 15.4. The van der Waals surface area contributed by atoms with E-state index in [9.17, 15) is 4.79 Å². The fourth-order valence-corrected chi connectivity index (χ4v) is 1.79. The molecule has 0 N–H and O–H groups in total. The molecule has 0 unspecified atom stereocenters. The normalized spacial score (nSPS) is 14.1. The summed E-state index contributed by atoms with van der Waals surface area (Å²) in [6, 6.07) is 7.42. The van der Waals surface area contributed by atoms with Crippen LogP contribution in [0.15, 0.2) is 30.5 Å². The fourth-order valence-electron chi connectivity index (χ4n) is 1.79. The molecule has 1 aliphatic rings. The summed E-state index contributed by atoms with van der Waals surface area (Å²) in [5.74, 6) is 0.429. The summed E-state index contributed by atoms with van der Waals surface area (Å²) in [5.41, 5.74) is 1.88. The monoisotopic (exact) mass is 185 g/mol. The SMILES string of the molecule is O=C1Cc2ccnc3cccc(c23)O1. The molecule has 3 heteroatoms. The minimum Gasteiger partial charge on any atom is -0.426 e. The Kier molecular flexibility index (Phi) is 1.36. The maximum atomic E-state index is 11.2. The summed E-state index contributed by atoms with van der Waals surface area (Å²) in [5, 5.41) is 0.967. The Balaban J connectivity index is 2.45. The van der Waals surface area contributed by atoms with Gasteiger partial charge in [-0.05, 0) is 23.8 Å². The molecule has 3 rings (SSSR count). The van der Waals surface area contributed by atoms with E-state index in [0.29, 0.717) is 12.2 Å². The molecular weight excluding hydrogens is 178 g/mol. The first-order valence-electron chi connectivity index (χ1n) is 4.42. The van der Waals surface area contributed by atoms with Crippen LogP contribution in [0.1, 0.15) is 5.56 Å². The van der Waals surface area contributed by atoms with Gasteiger partial charge in [-0.1, -0.05) is 6.07 Å². The quantitative estimate of drug-likeness (QED) is 0.463. The van der Waals surface area contributed by atoms with Crippen molar-refractivity contribution in [2.75, 3.05) is 0 Å². The van der Waals surface area contributed by atoms with Crippen LogP contribution in [0.25, 0.3) is 10.9 Å². The Labute approximate surface area is 80.3 Å². The highest BCUT2D eigenvalue weighted by atomic mass is 16.5. The fraction of sp³-hybridized carbons (Fsp3) is 0.0909. The van der Waals surface area contributed by atoms with Gasteiger partial charge in [0.25, 0.3) is 0 Å². The van der Waals surface area contributed by atoms with Crippen LogP contribution in [0.3, 0.4) is 0 Å². The summed E-state index contributed by atoms with van der Waals surface area (Å²) < 4.78 is 5.12. The van der Waals surface area contributed by atoms with Gasteiger partial charge in [-0.25, -0.2) is 0 Å². The van der Waals surface area contributed by atoms with Gasteiger partial charge < -0.3 is 4.74 Å². The number of esters is 1. The molecule has 0 bridgehead atoms. The molecule has 0 saturated carbocycles. The molecule has 14 heavy (non-hydrogen) atoms. The summed E-state index contributed by atoms with van der Waals surface area (Å²) in [6.07, 6.45) is 2.07. The molecule has 0 fully saturated rings. The standard InChI is InChI=1S/C11H7NO2/c13-10-6-7-4-5-12-8-2-1-3-9(14-10)11(7)8/h1-5H,6H2. The highest BCUT2D eigenvalue weighted by molar-refractivity contribution is 5.96. The molecule has 0 atom stereocenters. The van der Waals surface area contributed by atoms with E-state index in [-0.39, 0.29) is 5.97 Å². The van der Waals surface area contributed by atoms with Crippen LogP contribution in [0.5, 0.6) is 5.75 Å². The molecule has 0 radical (unpaired) electrons. The summed E-state index contributed by atoms with van der Waals surface area (Å²) in [6.45, 7) is 0. The van der Waals surface area contributed by atoms with Crippen molar-refractivity contribution >= 4 is 16.9 Å². The Morgan fingerprint density at radius 3 is 3.14 bits per heavy atom. The summed E-state index contributed by atoms with van der Waals surface area (Å²) in [7, 11) is 0. The first kappa shape index (κ1) is 7.50. The van der Waals surface area contributed by atoms with Crippen LogP contribution in [0.2, 0.25) is 0 Å². The van der Waals surface area contributed by atoms with Crippen molar-refractivity contribution < 1.29 is 9.53 Å². The number of hydrogen-bond donors (Lipinski definition) is 0. The van der Waals surface area contributed by atoms with Gasteiger partial charge in [0.2, 0.25) is 0 Å². The number of carbonyl (C=O) groups excluding carboxylic acids is 1. The van der Waals surface area contributed by atoms with E-state index in [1.54, 1.807) is 12.3 Å². The first-order valence-corrected chi connectivity index (χ1v) is 4.42. The largest absolute Gasteiger partial charge is 0.426 e. The average molecular weight is 185 g/mol. The van der Waals surface area contributed by atoms with Gasteiger partial charge in [-0.3, -0.25) is 9.78 Å². The predicted molar refractivity (Wildman–Crippen MR) is 51.1 cm³/mol. The molecular formula is C11H7NO2. The molecule has 0 aliphatic carbocycles. The van der Waals surface area contributed by atoms with Crippen LogP contribution in [0.4, 0.5) is 0 Å². The lowest BCUT2D eigenvalue weighted by atomic mass is 10.0. The van der Waals surface area contributed by atoms with Crippen LogP contribution < -0.4 is 4.74 Å². The molecule has 2 heterocycles. The number of aromatic nitrogens is 1. The van der Waals surface area contributed by atoms with Crippen LogP contribution in [0, 0.1) is 0 Å². The minimum atomic E-state index is -0.198. The van der Waals surface area contributed by atoms with Gasteiger partial charge in [0.1, 0.15) is 5.75 Å². The number of benzene rings is 1. The van der Waals surface area contributed by atoms with Crippen molar-refractivity contribution in [3.63, 3.8) is 0 Å².